The average molecular weight is 264 g/mol. The van der Waals surface area contributed by atoms with Crippen LogP contribution in [0.25, 0.3) is 5.57 Å². The second kappa shape index (κ2) is 5.96. The summed E-state index contributed by atoms with van der Waals surface area (Å²) in [7, 11) is 0. The Kier molecular flexibility index (Phi) is 3.87. The predicted octanol–water partition coefficient (Wildman–Crippen LogP) is 5.01. The van der Waals surface area contributed by atoms with Crippen molar-refractivity contribution in [3.63, 3.8) is 0 Å². The Balaban J connectivity index is 1.78. The van der Waals surface area contributed by atoms with Crippen LogP contribution >= 0.6 is 0 Å². The van der Waals surface area contributed by atoms with Crippen molar-refractivity contribution in [2.75, 3.05) is 0 Å². The average Bonchev–Trinajstić information content (AvgIpc) is 2.53. The molecule has 0 amide bonds. The van der Waals surface area contributed by atoms with Crippen LogP contribution < -0.4 is 4.74 Å². The fourth-order valence-electron chi connectivity index (χ4n) is 2.70. The van der Waals surface area contributed by atoms with E-state index in [2.05, 4.69) is 25.1 Å². The number of hydrogen-bond acceptors (Lipinski definition) is 1. The molecule has 0 N–H and O–H groups in total. The van der Waals surface area contributed by atoms with Crippen LogP contribution in [0.15, 0.2) is 54.8 Å². The summed E-state index contributed by atoms with van der Waals surface area (Å²) in [6.07, 6.45) is 6.95. The third kappa shape index (κ3) is 2.93. The van der Waals surface area contributed by atoms with Crippen molar-refractivity contribution < 1.29 is 4.74 Å². The molecule has 0 bridgehead atoms. The van der Waals surface area contributed by atoms with Gasteiger partial charge in [-0.05, 0) is 67.0 Å². The molecule has 1 heteroatoms. The molecule has 0 aromatic heterocycles. The molecule has 2 aromatic carbocycles. The smallest absolute Gasteiger partial charge is 0.126 e. The van der Waals surface area contributed by atoms with Crippen molar-refractivity contribution in [3.05, 3.63) is 71.5 Å². The number of allylic oxidation sites excluding steroid dienone is 1. The molecule has 0 spiro atoms. The van der Waals surface area contributed by atoms with E-state index in [0.717, 1.165) is 5.75 Å². The first kappa shape index (κ1) is 13.0. The van der Waals surface area contributed by atoms with E-state index in [-0.39, 0.29) is 0 Å². The molecule has 0 fully saturated rings. The fourth-order valence-corrected chi connectivity index (χ4v) is 2.70. The molecule has 0 saturated heterocycles. The van der Waals surface area contributed by atoms with Crippen molar-refractivity contribution in [1.29, 1.82) is 0 Å². The maximum Gasteiger partial charge on any atom is 0.126 e. The maximum absolute atomic E-state index is 5.70. The van der Waals surface area contributed by atoms with Gasteiger partial charge in [0.25, 0.3) is 0 Å². The lowest BCUT2D eigenvalue weighted by Crippen LogP contribution is -2.02. The number of rotatable bonds is 3. The maximum atomic E-state index is 5.70. The van der Waals surface area contributed by atoms with Gasteiger partial charge in [0, 0.05) is 0 Å². The van der Waals surface area contributed by atoms with Gasteiger partial charge in [-0.15, -0.1) is 0 Å². The highest BCUT2D eigenvalue weighted by atomic mass is 16.5. The van der Waals surface area contributed by atoms with Crippen LogP contribution in [0.1, 0.15) is 36.5 Å². The van der Waals surface area contributed by atoms with Crippen LogP contribution in [0.2, 0.25) is 0 Å². The normalized spacial score (nSPS) is 14.8. The largest absolute Gasteiger partial charge is 0.465 e. The monoisotopic (exact) mass is 264 g/mol. The highest BCUT2D eigenvalue weighted by Gasteiger charge is 2.09. The Bertz CT molecular complexity index is 611. The summed E-state index contributed by atoms with van der Waals surface area (Å²) in [4.78, 5) is 0. The zero-order valence-corrected chi connectivity index (χ0v) is 11.9. The Morgan fingerprint density at radius 3 is 2.50 bits per heavy atom. The molecule has 0 aliphatic heterocycles. The molecule has 1 aliphatic carbocycles. The van der Waals surface area contributed by atoms with Crippen LogP contribution in [-0.4, -0.2) is 0 Å². The lowest BCUT2D eigenvalue weighted by atomic mass is 9.89. The van der Waals surface area contributed by atoms with Crippen LogP contribution in [-0.2, 0) is 12.8 Å². The summed E-state index contributed by atoms with van der Waals surface area (Å²) in [6.45, 7) is 2.10. The van der Waals surface area contributed by atoms with Crippen LogP contribution in [0.4, 0.5) is 0 Å². The predicted molar refractivity (Wildman–Crippen MR) is 83.8 cm³/mol. The first-order valence-corrected chi connectivity index (χ1v) is 7.33. The highest BCUT2D eigenvalue weighted by molar-refractivity contribution is 5.64. The molecule has 1 nitrogen and oxygen atoms in total. The number of aryl methyl sites for hydroxylation is 2. The van der Waals surface area contributed by atoms with Gasteiger partial charge in [0.05, 0.1) is 6.26 Å². The molecule has 0 unspecified atom stereocenters. The quantitative estimate of drug-likeness (QED) is 0.708. The Morgan fingerprint density at radius 1 is 0.950 bits per heavy atom. The molecule has 1 aliphatic rings. The third-order valence-corrected chi connectivity index (χ3v) is 3.92. The second-order valence-corrected chi connectivity index (χ2v) is 5.42. The summed E-state index contributed by atoms with van der Waals surface area (Å²) < 4.78 is 5.70. The molecule has 2 aromatic rings. The minimum atomic E-state index is 0.879. The summed E-state index contributed by atoms with van der Waals surface area (Å²) in [6, 6.07) is 16.7. The highest BCUT2D eigenvalue weighted by Crippen LogP contribution is 2.25. The first-order valence-electron chi connectivity index (χ1n) is 7.33. The lowest BCUT2D eigenvalue weighted by Gasteiger charge is -2.16. The van der Waals surface area contributed by atoms with E-state index in [1.54, 1.807) is 0 Å². The van der Waals surface area contributed by atoms with Crippen molar-refractivity contribution in [2.45, 2.75) is 32.6 Å². The molecule has 102 valence electrons. The number of fused-ring (bicyclic) bond motifs is 1. The molecule has 3 rings (SSSR count). The van der Waals surface area contributed by atoms with Crippen LogP contribution in [0.3, 0.4) is 0 Å². The molecule has 0 atom stereocenters. The number of para-hydroxylation sites is 1. The Labute approximate surface area is 120 Å². The van der Waals surface area contributed by atoms with Gasteiger partial charge in [0.1, 0.15) is 5.75 Å². The fraction of sp³-hybridized carbons (Fsp3) is 0.263. The summed E-state index contributed by atoms with van der Waals surface area (Å²) >= 11 is 0. The lowest BCUT2D eigenvalue weighted by molar-refractivity contribution is 0.483. The second-order valence-electron chi connectivity index (χ2n) is 5.42. The van der Waals surface area contributed by atoms with Crippen molar-refractivity contribution in [1.82, 2.24) is 0 Å². The number of hydrogen-bond donors (Lipinski definition) is 0. The van der Waals surface area contributed by atoms with E-state index in [9.17, 15) is 0 Å². The molecule has 0 radical (unpaired) electrons. The van der Waals surface area contributed by atoms with E-state index in [0.29, 0.717) is 0 Å². The van der Waals surface area contributed by atoms with Gasteiger partial charge in [0.15, 0.2) is 0 Å². The number of benzene rings is 2. The van der Waals surface area contributed by atoms with Gasteiger partial charge in [0.2, 0.25) is 0 Å². The van der Waals surface area contributed by atoms with E-state index >= 15 is 0 Å². The van der Waals surface area contributed by atoms with E-state index in [1.165, 1.54) is 47.9 Å². The Hall–Kier alpha value is -2.02. The first-order chi connectivity index (χ1) is 9.83. The van der Waals surface area contributed by atoms with Gasteiger partial charge >= 0.3 is 0 Å². The third-order valence-electron chi connectivity index (χ3n) is 3.92. The minimum absolute atomic E-state index is 0.879. The molecular weight excluding hydrogens is 244 g/mol. The summed E-state index contributed by atoms with van der Waals surface area (Å²) in [5.74, 6) is 0.879. The van der Waals surface area contributed by atoms with Crippen LogP contribution in [0, 0.1) is 0 Å². The van der Waals surface area contributed by atoms with Crippen molar-refractivity contribution >= 4 is 5.57 Å². The SMILES string of the molecule is CC(=COc1ccccc1)c1ccc2c(c1)CCCC2. The zero-order valence-electron chi connectivity index (χ0n) is 11.9. The van der Waals surface area contributed by atoms with E-state index in [4.69, 9.17) is 4.74 Å². The molecule has 0 saturated carbocycles. The van der Waals surface area contributed by atoms with Gasteiger partial charge < -0.3 is 4.74 Å². The molecule has 20 heavy (non-hydrogen) atoms. The minimum Gasteiger partial charge on any atom is -0.465 e. The summed E-state index contributed by atoms with van der Waals surface area (Å²) in [5, 5.41) is 0. The number of ether oxygens (including phenoxy) is 1. The van der Waals surface area contributed by atoms with Crippen LogP contribution in [0.5, 0.6) is 5.75 Å². The summed E-state index contributed by atoms with van der Waals surface area (Å²) in [5.41, 5.74) is 5.47. The molecular formula is C19H20O. The topological polar surface area (TPSA) is 9.23 Å². The van der Waals surface area contributed by atoms with Gasteiger partial charge in [-0.25, -0.2) is 0 Å². The van der Waals surface area contributed by atoms with Gasteiger partial charge in [-0.3, -0.25) is 0 Å². The van der Waals surface area contributed by atoms with E-state index < -0.39 is 0 Å². The van der Waals surface area contributed by atoms with Crippen molar-refractivity contribution in [3.8, 4) is 5.75 Å². The van der Waals surface area contributed by atoms with Gasteiger partial charge in [-0.2, -0.15) is 0 Å². The van der Waals surface area contributed by atoms with Gasteiger partial charge in [-0.1, -0.05) is 36.4 Å². The Morgan fingerprint density at radius 2 is 1.70 bits per heavy atom. The zero-order chi connectivity index (χ0) is 13.8. The van der Waals surface area contributed by atoms with Crippen molar-refractivity contribution in [2.24, 2.45) is 0 Å². The molecule has 0 heterocycles. The van der Waals surface area contributed by atoms with E-state index in [1.807, 2.05) is 36.6 Å². The standard InChI is InChI=1S/C19H20O/c1-15(14-20-19-9-3-2-4-10-19)17-12-11-16-7-5-6-8-18(16)13-17/h2-4,9-14H,5-8H2,1H3.